The van der Waals surface area contributed by atoms with E-state index in [-0.39, 0.29) is 17.4 Å². The number of carbonyl (C=O) groups is 1. The SMILES string of the molecule is COc1cc(CNc2ccc3c(cc2=O)C(NC(C)=O)CCc2cc(OC)c(OC)c(OC)c2-3)cc(OC)c1OC. The van der Waals surface area contributed by atoms with Crippen LogP contribution in [0.25, 0.3) is 11.1 Å². The Labute approximate surface area is 239 Å². The van der Waals surface area contributed by atoms with Crippen LogP contribution in [0.2, 0.25) is 0 Å². The first-order valence-corrected chi connectivity index (χ1v) is 13.1. The summed E-state index contributed by atoms with van der Waals surface area (Å²) in [6.07, 6.45) is 1.20. The number of methoxy groups -OCH3 is 6. The Kier molecular flexibility index (Phi) is 9.11. The second-order valence-electron chi connectivity index (χ2n) is 9.48. The average Bonchev–Trinajstić information content (AvgIpc) is 3.22. The zero-order valence-electron chi connectivity index (χ0n) is 24.4. The molecule has 1 unspecified atom stereocenters. The molecule has 3 aromatic rings. The lowest BCUT2D eigenvalue weighted by molar-refractivity contribution is -0.119. The number of rotatable bonds is 10. The maximum atomic E-state index is 13.6. The van der Waals surface area contributed by atoms with E-state index < -0.39 is 0 Å². The predicted molar refractivity (Wildman–Crippen MR) is 156 cm³/mol. The third kappa shape index (κ3) is 5.82. The first kappa shape index (κ1) is 29.4. The van der Waals surface area contributed by atoms with E-state index >= 15 is 0 Å². The molecule has 0 saturated heterocycles. The van der Waals surface area contributed by atoms with Crippen LogP contribution < -0.4 is 44.5 Å². The molecule has 3 aromatic carbocycles. The molecule has 1 aliphatic rings. The minimum Gasteiger partial charge on any atom is -0.493 e. The largest absolute Gasteiger partial charge is 0.493 e. The first-order chi connectivity index (χ1) is 19.8. The highest BCUT2D eigenvalue weighted by Gasteiger charge is 2.29. The lowest BCUT2D eigenvalue weighted by Crippen LogP contribution is -2.26. The van der Waals surface area contributed by atoms with Crippen LogP contribution in [-0.2, 0) is 17.8 Å². The Morgan fingerprint density at radius 2 is 1.41 bits per heavy atom. The molecule has 1 atom stereocenters. The van der Waals surface area contributed by atoms with Gasteiger partial charge in [0.2, 0.25) is 22.8 Å². The zero-order chi connectivity index (χ0) is 29.7. The van der Waals surface area contributed by atoms with E-state index in [1.807, 2.05) is 24.3 Å². The molecule has 0 aromatic heterocycles. The van der Waals surface area contributed by atoms with E-state index in [9.17, 15) is 9.59 Å². The molecule has 0 heterocycles. The van der Waals surface area contributed by atoms with Crippen LogP contribution in [0.4, 0.5) is 5.69 Å². The van der Waals surface area contributed by atoms with Gasteiger partial charge in [0.15, 0.2) is 23.0 Å². The molecule has 10 nitrogen and oxygen atoms in total. The molecule has 10 heteroatoms. The minimum absolute atomic E-state index is 0.186. The summed E-state index contributed by atoms with van der Waals surface area (Å²) in [5.41, 5.74) is 4.18. The number of nitrogens with one attached hydrogen (secondary N) is 2. The van der Waals surface area contributed by atoms with Crippen molar-refractivity contribution >= 4 is 11.6 Å². The Morgan fingerprint density at radius 3 is 1.98 bits per heavy atom. The highest BCUT2D eigenvalue weighted by Crippen LogP contribution is 2.50. The number of ether oxygens (including phenoxy) is 6. The van der Waals surface area contributed by atoms with Crippen molar-refractivity contribution in [1.29, 1.82) is 0 Å². The second kappa shape index (κ2) is 12.7. The quantitative estimate of drug-likeness (QED) is 0.367. The number of hydrogen-bond donors (Lipinski definition) is 2. The molecule has 0 fully saturated rings. The molecule has 1 aliphatic carbocycles. The molecule has 218 valence electrons. The third-order valence-electron chi connectivity index (χ3n) is 7.12. The number of benzene rings is 2. The second-order valence-corrected chi connectivity index (χ2v) is 9.48. The van der Waals surface area contributed by atoms with E-state index in [1.54, 1.807) is 54.8 Å². The Balaban J connectivity index is 1.85. The van der Waals surface area contributed by atoms with E-state index in [0.717, 1.165) is 22.3 Å². The van der Waals surface area contributed by atoms with Crippen molar-refractivity contribution in [1.82, 2.24) is 5.32 Å². The van der Waals surface area contributed by atoms with Crippen molar-refractivity contribution in [3.63, 3.8) is 0 Å². The van der Waals surface area contributed by atoms with E-state index in [1.165, 1.54) is 6.92 Å². The van der Waals surface area contributed by atoms with Crippen molar-refractivity contribution in [2.24, 2.45) is 0 Å². The van der Waals surface area contributed by atoms with Gasteiger partial charge in [0.1, 0.15) is 0 Å². The van der Waals surface area contributed by atoms with Gasteiger partial charge in [0.25, 0.3) is 0 Å². The van der Waals surface area contributed by atoms with Gasteiger partial charge in [-0.25, -0.2) is 0 Å². The van der Waals surface area contributed by atoms with Gasteiger partial charge in [0.05, 0.1) is 54.4 Å². The summed E-state index contributed by atoms with van der Waals surface area (Å²) >= 11 is 0. The van der Waals surface area contributed by atoms with Crippen LogP contribution >= 0.6 is 0 Å². The summed E-state index contributed by atoms with van der Waals surface area (Å²) in [6, 6.07) is 10.4. The molecular formula is C31H36N2O8. The summed E-state index contributed by atoms with van der Waals surface area (Å²) < 4.78 is 33.4. The predicted octanol–water partition coefficient (Wildman–Crippen LogP) is 4.50. The Hall–Kier alpha value is -4.60. The van der Waals surface area contributed by atoms with Gasteiger partial charge in [-0.15, -0.1) is 0 Å². The molecule has 1 amide bonds. The molecule has 41 heavy (non-hydrogen) atoms. The van der Waals surface area contributed by atoms with Crippen molar-refractivity contribution in [3.05, 3.63) is 63.3 Å². The molecular weight excluding hydrogens is 528 g/mol. The van der Waals surface area contributed by atoms with Crippen LogP contribution in [0.15, 0.2) is 41.2 Å². The van der Waals surface area contributed by atoms with Crippen molar-refractivity contribution in [2.45, 2.75) is 32.4 Å². The van der Waals surface area contributed by atoms with Crippen molar-refractivity contribution < 1.29 is 33.2 Å². The van der Waals surface area contributed by atoms with E-state index in [2.05, 4.69) is 10.6 Å². The van der Waals surface area contributed by atoms with Gasteiger partial charge < -0.3 is 39.1 Å². The number of anilines is 1. The van der Waals surface area contributed by atoms with Crippen LogP contribution in [-0.4, -0.2) is 48.6 Å². The monoisotopic (exact) mass is 564 g/mol. The minimum atomic E-state index is -0.389. The highest BCUT2D eigenvalue weighted by molar-refractivity contribution is 5.83. The van der Waals surface area contributed by atoms with Gasteiger partial charge in [0, 0.05) is 19.0 Å². The van der Waals surface area contributed by atoms with Gasteiger partial charge in [-0.05, 0) is 65.4 Å². The topological polar surface area (TPSA) is 114 Å². The lowest BCUT2D eigenvalue weighted by Gasteiger charge is -2.19. The van der Waals surface area contributed by atoms with Crippen LogP contribution in [0.3, 0.4) is 0 Å². The number of aryl methyl sites for hydroxylation is 1. The van der Waals surface area contributed by atoms with Crippen LogP contribution in [0.1, 0.15) is 36.1 Å². The molecule has 0 radical (unpaired) electrons. The normalized spacial score (nSPS) is 13.6. The number of carbonyl (C=O) groups excluding carboxylic acids is 1. The average molecular weight is 565 g/mol. The number of hydrogen-bond acceptors (Lipinski definition) is 9. The van der Waals surface area contributed by atoms with Gasteiger partial charge in [-0.1, -0.05) is 6.07 Å². The smallest absolute Gasteiger partial charge is 0.217 e. The van der Waals surface area contributed by atoms with Crippen LogP contribution in [0, 0.1) is 0 Å². The summed E-state index contributed by atoms with van der Waals surface area (Å²) in [7, 11) is 9.34. The van der Waals surface area contributed by atoms with Gasteiger partial charge in [-0.3, -0.25) is 9.59 Å². The Bertz CT molecular complexity index is 1480. The lowest BCUT2D eigenvalue weighted by atomic mass is 9.95. The first-order valence-electron chi connectivity index (χ1n) is 13.1. The summed E-state index contributed by atoms with van der Waals surface area (Å²) in [5.74, 6) is 2.82. The van der Waals surface area contributed by atoms with Crippen molar-refractivity contribution in [2.75, 3.05) is 48.0 Å². The molecule has 0 bridgehead atoms. The maximum Gasteiger partial charge on any atom is 0.217 e. The highest BCUT2D eigenvalue weighted by atomic mass is 16.5. The fraction of sp³-hybridized carbons (Fsp3) is 0.355. The molecule has 0 aliphatic heterocycles. The Morgan fingerprint density at radius 1 is 0.805 bits per heavy atom. The zero-order valence-corrected chi connectivity index (χ0v) is 24.4. The maximum absolute atomic E-state index is 13.6. The molecule has 2 N–H and O–H groups in total. The molecule has 4 rings (SSSR count). The fourth-order valence-corrected chi connectivity index (χ4v) is 5.29. The van der Waals surface area contributed by atoms with Crippen molar-refractivity contribution in [3.8, 4) is 45.6 Å². The van der Waals surface area contributed by atoms with Crippen LogP contribution in [0.5, 0.6) is 34.5 Å². The summed E-state index contributed by atoms with van der Waals surface area (Å²) in [6.45, 7) is 1.79. The third-order valence-corrected chi connectivity index (χ3v) is 7.12. The fourth-order valence-electron chi connectivity index (χ4n) is 5.29. The summed E-state index contributed by atoms with van der Waals surface area (Å²) in [4.78, 5) is 25.7. The number of amides is 1. The standard InChI is InChI=1S/C31H36N2O8/c1-17(34)33-22-10-8-19-14-27(38-4)30(40-6)31(41-7)28(19)20-9-11-23(24(35)15-21(20)22)32-16-18-12-25(36-2)29(39-5)26(13-18)37-3/h9,11-15,22H,8,10,16H2,1-7H3,(H,32,35)(H,33,34). The number of fused-ring (bicyclic) bond motifs is 3. The van der Waals surface area contributed by atoms with Gasteiger partial charge in [-0.2, -0.15) is 0 Å². The summed E-state index contributed by atoms with van der Waals surface area (Å²) in [5, 5.41) is 6.27. The van der Waals surface area contributed by atoms with Gasteiger partial charge >= 0.3 is 0 Å². The molecule has 0 saturated carbocycles. The molecule has 0 spiro atoms. The van der Waals surface area contributed by atoms with E-state index in [0.29, 0.717) is 65.1 Å². The van der Waals surface area contributed by atoms with E-state index in [4.69, 9.17) is 28.4 Å².